The molecule has 11 heteroatoms. The lowest BCUT2D eigenvalue weighted by Gasteiger charge is -2.26. The van der Waals surface area contributed by atoms with Crippen LogP contribution in [-0.4, -0.2) is 58.6 Å². The minimum atomic E-state index is -5.08. The van der Waals surface area contributed by atoms with E-state index in [1.807, 2.05) is 44.8 Å². The van der Waals surface area contributed by atoms with E-state index in [0.717, 1.165) is 24.3 Å². The molecule has 2 aromatic heterocycles. The molecule has 4 heterocycles. The number of nitrogens with zero attached hydrogens (tertiary/aromatic N) is 3. The van der Waals surface area contributed by atoms with Gasteiger partial charge in [0.2, 0.25) is 11.8 Å². The minimum absolute atomic E-state index is 0.0595. The Labute approximate surface area is 186 Å². The Morgan fingerprint density at radius 3 is 2.59 bits per heavy atom. The molecule has 2 amide bonds. The first-order valence-electron chi connectivity index (χ1n) is 9.86. The average Bonchev–Trinajstić information content (AvgIpc) is 3.44. The van der Waals surface area contributed by atoms with Gasteiger partial charge in [-0.2, -0.15) is 24.5 Å². The van der Waals surface area contributed by atoms with E-state index < -0.39 is 17.6 Å². The van der Waals surface area contributed by atoms with Crippen molar-refractivity contribution in [2.75, 3.05) is 24.5 Å². The molecule has 0 unspecified atom stereocenters. The van der Waals surface area contributed by atoms with Crippen LogP contribution in [-0.2, 0) is 20.8 Å². The van der Waals surface area contributed by atoms with Crippen molar-refractivity contribution in [1.29, 1.82) is 0 Å². The van der Waals surface area contributed by atoms with Gasteiger partial charge >= 0.3 is 12.1 Å². The summed E-state index contributed by atoms with van der Waals surface area (Å²) in [5, 5.41) is 11.1. The monoisotopic (exact) mass is 469 g/mol. The van der Waals surface area contributed by atoms with E-state index in [1.165, 1.54) is 0 Å². The normalized spacial score (nSPS) is 22.8. The Bertz CT molecular complexity index is 968. The largest absolute Gasteiger partial charge is 0.490 e. The van der Waals surface area contributed by atoms with Crippen LogP contribution in [0.4, 0.5) is 18.9 Å². The number of anilines is 1. The van der Waals surface area contributed by atoms with Crippen molar-refractivity contribution in [3.05, 3.63) is 46.9 Å². The number of likely N-dealkylation sites (tertiary alicyclic amines) is 1. The van der Waals surface area contributed by atoms with Gasteiger partial charge in [0.1, 0.15) is 0 Å². The molecule has 4 rings (SSSR count). The maximum Gasteiger partial charge on any atom is 0.490 e. The number of pyridine rings is 1. The number of carboxylic acids is 1. The highest BCUT2D eigenvalue weighted by Crippen LogP contribution is 2.46. The second-order valence-corrected chi connectivity index (χ2v) is 8.60. The molecule has 2 saturated heterocycles. The number of hydrogen-bond acceptors (Lipinski definition) is 5. The summed E-state index contributed by atoms with van der Waals surface area (Å²) >= 11 is 1.60. The third-order valence-corrected chi connectivity index (χ3v) is 6.51. The smallest absolute Gasteiger partial charge is 0.475 e. The summed E-state index contributed by atoms with van der Waals surface area (Å²) in [6.45, 7) is 4.01. The highest BCUT2D eigenvalue weighted by atomic mass is 32.1. The summed E-state index contributed by atoms with van der Waals surface area (Å²) in [5.74, 6) is -2.35. The Morgan fingerprint density at radius 2 is 2.03 bits per heavy atom. The lowest BCUT2D eigenvalue weighted by Crippen LogP contribution is -2.40. The lowest BCUT2D eigenvalue weighted by atomic mass is 9.78. The first-order valence-corrected chi connectivity index (χ1v) is 10.8. The van der Waals surface area contributed by atoms with Crippen LogP contribution in [0.1, 0.15) is 19.0 Å². The zero-order chi connectivity index (χ0) is 23.5. The van der Waals surface area contributed by atoms with Crippen molar-refractivity contribution in [2.45, 2.75) is 25.9 Å². The maximum absolute atomic E-state index is 13.1. The number of amides is 2. The van der Waals surface area contributed by atoms with Gasteiger partial charge in [0.25, 0.3) is 0 Å². The number of aromatic nitrogens is 1. The first kappa shape index (κ1) is 23.7. The molecular weight excluding hydrogens is 447 g/mol. The van der Waals surface area contributed by atoms with Gasteiger partial charge in [0.15, 0.2) is 0 Å². The van der Waals surface area contributed by atoms with Crippen molar-refractivity contribution in [1.82, 2.24) is 9.88 Å². The van der Waals surface area contributed by atoms with Crippen LogP contribution >= 0.6 is 11.3 Å². The molecule has 172 valence electrons. The van der Waals surface area contributed by atoms with Crippen molar-refractivity contribution in [3.8, 4) is 0 Å². The van der Waals surface area contributed by atoms with Gasteiger partial charge in [-0.3, -0.25) is 14.6 Å². The molecule has 2 fully saturated rings. The fourth-order valence-corrected chi connectivity index (χ4v) is 4.72. The molecule has 32 heavy (non-hydrogen) atoms. The molecule has 0 aliphatic carbocycles. The molecule has 0 saturated carbocycles. The third kappa shape index (κ3) is 4.93. The average molecular weight is 469 g/mol. The zero-order valence-electron chi connectivity index (χ0n) is 17.2. The van der Waals surface area contributed by atoms with Crippen LogP contribution < -0.4 is 4.90 Å². The maximum atomic E-state index is 13.1. The van der Waals surface area contributed by atoms with Gasteiger partial charge in [-0.05, 0) is 35.9 Å². The number of carbonyl (C=O) groups excluding carboxylic acids is 2. The summed E-state index contributed by atoms with van der Waals surface area (Å²) in [4.78, 5) is 42.7. The molecule has 2 aliphatic rings. The molecule has 0 radical (unpaired) electrons. The van der Waals surface area contributed by atoms with E-state index >= 15 is 0 Å². The summed E-state index contributed by atoms with van der Waals surface area (Å²) in [6, 6.07) is 7.59. The number of hydrogen-bond donors (Lipinski definition) is 1. The third-order valence-electron chi connectivity index (χ3n) is 5.83. The van der Waals surface area contributed by atoms with E-state index in [-0.39, 0.29) is 17.7 Å². The van der Waals surface area contributed by atoms with E-state index in [1.54, 1.807) is 17.5 Å². The molecule has 7 nitrogen and oxygen atoms in total. The van der Waals surface area contributed by atoms with Gasteiger partial charge in [0, 0.05) is 36.9 Å². The second-order valence-electron chi connectivity index (χ2n) is 7.82. The fourth-order valence-electron chi connectivity index (χ4n) is 4.08. The fraction of sp³-hybridized carbons (Fsp3) is 0.429. The number of carbonyl (C=O) groups is 3. The summed E-state index contributed by atoms with van der Waals surface area (Å²) in [7, 11) is 0. The molecular formula is C21H22F3N3O4S. The highest BCUT2D eigenvalue weighted by Gasteiger charge is 2.56. The number of rotatable bonds is 3. The number of alkyl halides is 3. The van der Waals surface area contributed by atoms with Gasteiger partial charge in [-0.1, -0.05) is 13.0 Å². The van der Waals surface area contributed by atoms with Crippen LogP contribution in [0.25, 0.3) is 0 Å². The molecule has 2 aromatic rings. The van der Waals surface area contributed by atoms with Crippen molar-refractivity contribution >= 4 is 34.8 Å². The Balaban J connectivity index is 0.000000360. The highest BCUT2D eigenvalue weighted by molar-refractivity contribution is 7.08. The minimum Gasteiger partial charge on any atom is -0.475 e. The SMILES string of the molecule is C[C@@H]1CN(C(=O)Cc2ccccn2)C[C@]12CCN(c1ccsc1)C2=O.O=C(O)C(F)(F)F. The summed E-state index contributed by atoms with van der Waals surface area (Å²) in [5.41, 5.74) is 1.33. The Hall–Kier alpha value is -2.95. The summed E-state index contributed by atoms with van der Waals surface area (Å²) in [6.07, 6.45) is -2.27. The van der Waals surface area contributed by atoms with E-state index in [2.05, 4.69) is 11.9 Å². The van der Waals surface area contributed by atoms with Crippen LogP contribution in [0, 0.1) is 11.3 Å². The van der Waals surface area contributed by atoms with Gasteiger partial charge < -0.3 is 14.9 Å². The van der Waals surface area contributed by atoms with Crippen molar-refractivity contribution < 1.29 is 32.7 Å². The quantitative estimate of drug-likeness (QED) is 0.746. The van der Waals surface area contributed by atoms with E-state index in [9.17, 15) is 22.8 Å². The molecule has 2 atom stereocenters. The van der Waals surface area contributed by atoms with Crippen molar-refractivity contribution in [3.63, 3.8) is 0 Å². The second kappa shape index (κ2) is 9.27. The molecule has 2 aliphatic heterocycles. The Kier molecular flexibility index (Phi) is 6.87. The van der Waals surface area contributed by atoms with E-state index in [0.29, 0.717) is 19.5 Å². The molecule has 0 aromatic carbocycles. The molecule has 1 spiro atoms. The van der Waals surface area contributed by atoms with Gasteiger partial charge in [-0.25, -0.2) is 4.79 Å². The van der Waals surface area contributed by atoms with Gasteiger partial charge in [0.05, 0.1) is 17.5 Å². The van der Waals surface area contributed by atoms with Crippen LogP contribution in [0.3, 0.4) is 0 Å². The summed E-state index contributed by atoms with van der Waals surface area (Å²) < 4.78 is 31.7. The zero-order valence-corrected chi connectivity index (χ0v) is 18.0. The predicted molar refractivity (Wildman–Crippen MR) is 111 cm³/mol. The first-order chi connectivity index (χ1) is 15.0. The van der Waals surface area contributed by atoms with Gasteiger partial charge in [-0.15, -0.1) is 0 Å². The predicted octanol–water partition coefficient (Wildman–Crippen LogP) is 3.22. The topological polar surface area (TPSA) is 90.8 Å². The van der Waals surface area contributed by atoms with Crippen LogP contribution in [0.2, 0.25) is 0 Å². The standard InChI is InChI=1S/C19H21N3O2S.C2HF3O2/c1-14-11-21(17(23)10-15-4-2-3-7-20-15)13-19(14)6-8-22(18(19)24)16-5-9-25-12-16;3-2(4,5)1(6)7/h2-5,7,9,12,14H,6,8,10-11,13H2,1H3;(H,6,7)/t14-,19-;/m1./s1. The number of halogens is 3. The molecule has 1 N–H and O–H groups in total. The van der Waals surface area contributed by atoms with E-state index in [4.69, 9.17) is 9.90 Å². The number of thiophene rings is 1. The number of carboxylic acid groups (broad SMARTS) is 1. The van der Waals surface area contributed by atoms with Crippen LogP contribution in [0.15, 0.2) is 41.2 Å². The van der Waals surface area contributed by atoms with Crippen LogP contribution in [0.5, 0.6) is 0 Å². The number of aliphatic carboxylic acids is 1. The molecule has 0 bridgehead atoms. The Morgan fingerprint density at radius 1 is 1.31 bits per heavy atom. The lowest BCUT2D eigenvalue weighted by molar-refractivity contribution is -0.192. The van der Waals surface area contributed by atoms with Crippen molar-refractivity contribution in [2.24, 2.45) is 11.3 Å².